The average Bonchev–Trinajstić information content (AvgIpc) is 3.41. The van der Waals surface area contributed by atoms with Crippen LogP contribution in [0.5, 0.6) is 11.5 Å². The number of anilines is 1. The lowest BCUT2D eigenvalue weighted by atomic mass is 9.49. The number of sulfonamides is 1. The second kappa shape index (κ2) is 10.1. The van der Waals surface area contributed by atoms with Crippen molar-refractivity contribution in [2.45, 2.75) is 55.4 Å². The number of amides is 1. The van der Waals surface area contributed by atoms with Crippen molar-refractivity contribution in [1.29, 1.82) is 0 Å². The van der Waals surface area contributed by atoms with Gasteiger partial charge < -0.3 is 15.2 Å². The normalized spacial score (nSPS) is 25.4. The molecule has 0 atom stereocenters. The molecule has 0 radical (unpaired) electrons. The van der Waals surface area contributed by atoms with E-state index in [-0.39, 0.29) is 23.5 Å². The summed E-state index contributed by atoms with van der Waals surface area (Å²) in [7, 11) is -2.35. The van der Waals surface area contributed by atoms with Gasteiger partial charge in [-0.05, 0) is 98.2 Å². The molecule has 1 aromatic heterocycles. The lowest BCUT2D eigenvalue weighted by Crippen LogP contribution is -2.48. The van der Waals surface area contributed by atoms with Crippen molar-refractivity contribution in [3.8, 4) is 11.5 Å². The Kier molecular flexibility index (Phi) is 6.79. The van der Waals surface area contributed by atoms with Gasteiger partial charge in [0.25, 0.3) is 15.9 Å². The van der Waals surface area contributed by atoms with E-state index in [2.05, 4.69) is 5.38 Å². The van der Waals surface area contributed by atoms with E-state index in [1.54, 1.807) is 7.11 Å². The zero-order chi connectivity index (χ0) is 27.2. The second-order valence-electron chi connectivity index (χ2n) is 11.3. The van der Waals surface area contributed by atoms with Crippen LogP contribution in [-0.2, 0) is 26.8 Å². The van der Waals surface area contributed by atoms with Crippen molar-refractivity contribution >= 4 is 32.4 Å². The molecule has 206 valence electrons. The number of nitrogens with two attached hydrogens (primary N) is 1. The number of methoxy groups -OCH3 is 1. The van der Waals surface area contributed by atoms with Gasteiger partial charge in [-0.1, -0.05) is 12.1 Å². The lowest BCUT2D eigenvalue weighted by Gasteiger charge is -2.56. The molecule has 4 aliphatic carbocycles. The van der Waals surface area contributed by atoms with E-state index in [0.717, 1.165) is 29.0 Å². The summed E-state index contributed by atoms with van der Waals surface area (Å²) in [6, 6.07) is 13.4. The van der Waals surface area contributed by atoms with Crippen molar-refractivity contribution in [2.24, 2.45) is 23.5 Å². The summed E-state index contributed by atoms with van der Waals surface area (Å²) >= 11 is 1.40. The van der Waals surface area contributed by atoms with Crippen molar-refractivity contribution in [1.82, 2.24) is 4.98 Å². The van der Waals surface area contributed by atoms with Crippen LogP contribution in [0, 0.1) is 17.8 Å². The Hall–Kier alpha value is -3.11. The van der Waals surface area contributed by atoms with Gasteiger partial charge in [0.1, 0.15) is 11.5 Å². The van der Waals surface area contributed by atoms with Gasteiger partial charge in [0.15, 0.2) is 11.7 Å². The molecule has 39 heavy (non-hydrogen) atoms. The minimum Gasteiger partial charge on any atom is -0.497 e. The second-order valence-corrected chi connectivity index (χ2v) is 14.0. The van der Waals surface area contributed by atoms with Crippen molar-refractivity contribution < 1.29 is 22.7 Å². The van der Waals surface area contributed by atoms with Gasteiger partial charge in [-0.2, -0.15) is 0 Å². The summed E-state index contributed by atoms with van der Waals surface area (Å²) in [6.07, 6.45) is 7.52. The molecule has 1 heterocycles. The van der Waals surface area contributed by atoms with Crippen LogP contribution < -0.4 is 19.5 Å². The first-order valence-electron chi connectivity index (χ1n) is 13.4. The number of hydrogen-bond donors (Lipinski definition) is 1. The third-order valence-corrected chi connectivity index (χ3v) is 11.3. The maximum Gasteiger partial charge on any atom is 0.266 e. The minimum absolute atomic E-state index is 0.0818. The molecule has 0 aliphatic heterocycles. The predicted molar refractivity (Wildman–Crippen MR) is 149 cm³/mol. The maximum absolute atomic E-state index is 14.0. The van der Waals surface area contributed by atoms with Crippen LogP contribution in [0.15, 0.2) is 58.8 Å². The summed E-state index contributed by atoms with van der Waals surface area (Å²) in [5.74, 6) is 2.80. The molecule has 4 fully saturated rings. The number of nitrogens with zero attached hydrogens (tertiary/aromatic N) is 2. The van der Waals surface area contributed by atoms with Crippen LogP contribution in [0.4, 0.5) is 5.13 Å². The molecule has 0 unspecified atom stereocenters. The van der Waals surface area contributed by atoms with Crippen LogP contribution in [0.2, 0.25) is 0 Å². The molecule has 2 aromatic carbocycles. The Bertz CT molecular complexity index is 1420. The largest absolute Gasteiger partial charge is 0.497 e. The SMILES string of the molecule is COc1ccc(CN(c2nc(C34CC5CC(CC(C5)C3)C4)cs2)S(=O)(=O)c2ccc(OCC(N)=O)cc2)cc1. The fraction of sp³-hybridized carbons (Fsp3) is 0.448. The molecule has 4 aliphatic rings. The highest BCUT2D eigenvalue weighted by molar-refractivity contribution is 7.93. The maximum atomic E-state index is 14.0. The smallest absolute Gasteiger partial charge is 0.266 e. The molecule has 0 saturated heterocycles. The van der Waals surface area contributed by atoms with Crippen molar-refractivity contribution in [2.75, 3.05) is 18.0 Å². The Labute approximate surface area is 233 Å². The standard InChI is InChI=1S/C29H33N3O5S2/c1-36-23-4-2-19(3-5-23)16-32(39(34,35)25-8-6-24(7-9-25)37-17-27(30)33)28-31-26(18-38-28)29-13-20-10-21(14-29)12-22(11-20)15-29/h2-9,18,20-22H,10-17H2,1H3,(H2,30,33). The summed E-state index contributed by atoms with van der Waals surface area (Å²) in [5, 5.41) is 2.57. The van der Waals surface area contributed by atoms with Crippen LogP contribution >= 0.6 is 11.3 Å². The van der Waals surface area contributed by atoms with Gasteiger partial charge in [0.2, 0.25) is 0 Å². The monoisotopic (exact) mass is 567 g/mol. The van der Waals surface area contributed by atoms with Gasteiger partial charge >= 0.3 is 0 Å². The molecule has 2 N–H and O–H groups in total. The van der Waals surface area contributed by atoms with Crippen LogP contribution in [0.1, 0.15) is 49.8 Å². The molecule has 8 nitrogen and oxygen atoms in total. The fourth-order valence-corrected chi connectivity index (χ4v) is 9.76. The quantitative estimate of drug-likeness (QED) is 0.374. The lowest BCUT2D eigenvalue weighted by molar-refractivity contribution is -0.119. The topological polar surface area (TPSA) is 112 Å². The van der Waals surface area contributed by atoms with Crippen LogP contribution in [-0.4, -0.2) is 33.0 Å². The Morgan fingerprint density at radius 3 is 2.15 bits per heavy atom. The van der Waals surface area contributed by atoms with Crippen molar-refractivity contribution in [3.05, 3.63) is 65.2 Å². The molecule has 10 heteroatoms. The highest BCUT2D eigenvalue weighted by Crippen LogP contribution is 2.60. The first-order chi connectivity index (χ1) is 18.7. The van der Waals surface area contributed by atoms with E-state index in [4.69, 9.17) is 20.2 Å². The number of carbonyl (C=O) groups excluding carboxylic acids is 1. The summed E-state index contributed by atoms with van der Waals surface area (Å²) in [4.78, 5) is 16.2. The Balaban J connectivity index is 1.33. The van der Waals surface area contributed by atoms with Gasteiger partial charge in [-0.15, -0.1) is 11.3 Å². The van der Waals surface area contributed by atoms with Gasteiger partial charge in [0, 0.05) is 10.8 Å². The number of aromatic nitrogens is 1. The van der Waals surface area contributed by atoms with Gasteiger partial charge in [0.05, 0.1) is 24.2 Å². The van der Waals surface area contributed by atoms with E-state index in [0.29, 0.717) is 16.6 Å². The van der Waals surface area contributed by atoms with E-state index in [1.165, 1.54) is 78.4 Å². The van der Waals surface area contributed by atoms with Crippen LogP contribution in [0.25, 0.3) is 0 Å². The zero-order valence-corrected chi connectivity index (χ0v) is 23.5. The molecule has 3 aromatic rings. The van der Waals surface area contributed by atoms with E-state index < -0.39 is 15.9 Å². The van der Waals surface area contributed by atoms with Gasteiger partial charge in [-0.25, -0.2) is 17.7 Å². The number of carbonyl (C=O) groups is 1. The Morgan fingerprint density at radius 2 is 1.59 bits per heavy atom. The first kappa shape index (κ1) is 26.1. The molecular weight excluding hydrogens is 534 g/mol. The fourth-order valence-electron chi connectivity index (χ4n) is 7.19. The summed E-state index contributed by atoms with van der Waals surface area (Å²) in [6.45, 7) is -0.137. The Morgan fingerprint density at radius 1 is 1.00 bits per heavy atom. The predicted octanol–water partition coefficient (Wildman–Crippen LogP) is 4.88. The summed E-state index contributed by atoms with van der Waals surface area (Å²) in [5.41, 5.74) is 7.12. The van der Waals surface area contributed by atoms with Crippen LogP contribution in [0.3, 0.4) is 0 Å². The number of thiazole rings is 1. The van der Waals surface area contributed by atoms with Crippen molar-refractivity contribution in [3.63, 3.8) is 0 Å². The molecule has 4 saturated carbocycles. The third-order valence-electron chi connectivity index (χ3n) is 8.57. The minimum atomic E-state index is -3.96. The number of ether oxygens (including phenoxy) is 2. The molecule has 7 rings (SSSR count). The molecular formula is C29H33N3O5S2. The number of hydrogen-bond acceptors (Lipinski definition) is 7. The van der Waals surface area contributed by atoms with Gasteiger partial charge in [-0.3, -0.25) is 4.79 Å². The van der Waals surface area contributed by atoms with E-state index in [9.17, 15) is 13.2 Å². The first-order valence-corrected chi connectivity index (χ1v) is 15.7. The zero-order valence-electron chi connectivity index (χ0n) is 21.9. The number of benzene rings is 2. The average molecular weight is 568 g/mol. The molecule has 0 spiro atoms. The third kappa shape index (κ3) is 5.12. The number of rotatable bonds is 10. The highest BCUT2D eigenvalue weighted by atomic mass is 32.2. The van der Waals surface area contributed by atoms with E-state index in [1.807, 2.05) is 24.3 Å². The number of primary amides is 1. The summed E-state index contributed by atoms with van der Waals surface area (Å²) < 4.78 is 40.1. The molecule has 1 amide bonds. The molecule has 4 bridgehead atoms. The van der Waals surface area contributed by atoms with E-state index >= 15 is 0 Å². The highest BCUT2D eigenvalue weighted by Gasteiger charge is 2.52.